The summed E-state index contributed by atoms with van der Waals surface area (Å²) < 4.78 is 27.1. The molecule has 0 bridgehead atoms. The Bertz CT molecular complexity index is 957. The number of benzene rings is 1. The van der Waals surface area contributed by atoms with Crippen molar-refractivity contribution in [1.29, 1.82) is 0 Å². The summed E-state index contributed by atoms with van der Waals surface area (Å²) in [4.78, 5) is 2.14. The number of rotatable bonds is 7. The lowest BCUT2D eigenvalue weighted by Crippen LogP contribution is -2.31. The highest BCUT2D eigenvalue weighted by atomic mass is 32.2. The Labute approximate surface area is 172 Å². The molecule has 152 valence electrons. The summed E-state index contributed by atoms with van der Waals surface area (Å²) in [5.74, 6) is 0.0276. The molecule has 0 aliphatic rings. The lowest BCUT2D eigenvalue weighted by Gasteiger charge is -2.19. The number of aromatic amines is 1. The average molecular weight is 420 g/mol. The first kappa shape index (κ1) is 22.3. The average Bonchev–Trinajstić information content (AvgIpc) is 3.27. The number of hydrogen-bond acceptors (Lipinski definition) is 4. The van der Waals surface area contributed by atoms with E-state index in [1.165, 1.54) is 0 Å². The first-order chi connectivity index (χ1) is 13.4. The fourth-order valence-corrected chi connectivity index (χ4v) is 5.75. The molecule has 0 atom stereocenters. The van der Waals surface area contributed by atoms with Crippen LogP contribution >= 0.6 is 11.3 Å². The van der Waals surface area contributed by atoms with Gasteiger partial charge in [-0.2, -0.15) is 9.40 Å². The van der Waals surface area contributed by atoms with Crippen LogP contribution in [0.2, 0.25) is 0 Å². The molecule has 0 radical (unpaired) electrons. The Balaban J connectivity index is 0.00000136. The molecule has 5 nitrogen and oxygen atoms in total. The van der Waals surface area contributed by atoms with Gasteiger partial charge in [-0.1, -0.05) is 51.1 Å². The van der Waals surface area contributed by atoms with Crippen LogP contribution < -0.4 is 0 Å². The second-order valence-corrected chi connectivity index (χ2v) is 9.38. The molecule has 1 aromatic carbocycles. The first-order valence-corrected chi connectivity index (χ1v) is 12.0. The molecule has 0 amide bonds. The number of aryl methyl sites for hydroxylation is 2. The number of nitrogens with one attached hydrogen (secondary N) is 1. The number of thiophene rings is 1. The van der Waals surface area contributed by atoms with Crippen molar-refractivity contribution in [3.05, 3.63) is 64.3 Å². The van der Waals surface area contributed by atoms with Crippen molar-refractivity contribution in [3.8, 4) is 10.4 Å². The van der Waals surface area contributed by atoms with Gasteiger partial charge in [0.1, 0.15) is 0 Å². The van der Waals surface area contributed by atoms with Gasteiger partial charge < -0.3 is 0 Å². The molecule has 7 heteroatoms. The van der Waals surface area contributed by atoms with E-state index in [0.717, 1.165) is 32.3 Å². The summed E-state index contributed by atoms with van der Waals surface area (Å²) in [6.45, 7) is 10.7. The van der Waals surface area contributed by atoms with Crippen molar-refractivity contribution in [2.24, 2.45) is 0 Å². The van der Waals surface area contributed by atoms with Gasteiger partial charge in [0.25, 0.3) is 0 Å². The third kappa shape index (κ3) is 5.31. The van der Waals surface area contributed by atoms with E-state index in [2.05, 4.69) is 10.2 Å². The highest BCUT2D eigenvalue weighted by Crippen LogP contribution is 2.32. The van der Waals surface area contributed by atoms with Crippen LogP contribution in [0.3, 0.4) is 0 Å². The summed E-state index contributed by atoms with van der Waals surface area (Å²) >= 11 is 1.62. The minimum atomic E-state index is -3.36. The predicted molar refractivity (Wildman–Crippen MR) is 118 cm³/mol. The van der Waals surface area contributed by atoms with Gasteiger partial charge >= 0.3 is 0 Å². The Hall–Kier alpha value is -1.96. The van der Waals surface area contributed by atoms with Gasteiger partial charge in [-0.15, -0.1) is 11.3 Å². The normalized spacial score (nSPS) is 11.4. The Morgan fingerprint density at radius 3 is 2.32 bits per heavy atom. The Morgan fingerprint density at radius 2 is 1.75 bits per heavy atom. The zero-order valence-electron chi connectivity index (χ0n) is 17.2. The van der Waals surface area contributed by atoms with Gasteiger partial charge in [0.15, 0.2) is 0 Å². The molecule has 0 aliphatic heterocycles. The van der Waals surface area contributed by atoms with Gasteiger partial charge in [0.2, 0.25) is 10.0 Å². The van der Waals surface area contributed by atoms with E-state index >= 15 is 0 Å². The maximum atomic E-state index is 12.8. The van der Waals surface area contributed by atoms with Crippen molar-refractivity contribution >= 4 is 21.4 Å². The summed E-state index contributed by atoms with van der Waals surface area (Å²) in [7, 11) is -3.36. The third-order valence-corrected chi connectivity index (χ3v) is 7.27. The molecule has 0 fully saturated rings. The van der Waals surface area contributed by atoms with Crippen molar-refractivity contribution in [2.45, 2.75) is 46.9 Å². The minimum absolute atomic E-state index is 0.0276. The van der Waals surface area contributed by atoms with E-state index in [-0.39, 0.29) is 5.75 Å². The van der Waals surface area contributed by atoms with E-state index in [9.17, 15) is 8.42 Å². The Kier molecular flexibility index (Phi) is 7.98. The van der Waals surface area contributed by atoms with Crippen LogP contribution in [0.5, 0.6) is 0 Å². The smallest absolute Gasteiger partial charge is 0.218 e. The summed E-state index contributed by atoms with van der Waals surface area (Å²) in [5.41, 5.74) is 3.90. The second kappa shape index (κ2) is 10.0. The van der Waals surface area contributed by atoms with Crippen LogP contribution in [0.4, 0.5) is 0 Å². The molecule has 0 aliphatic carbocycles. The molecule has 3 rings (SSSR count). The molecule has 0 unspecified atom stereocenters. The van der Waals surface area contributed by atoms with E-state index < -0.39 is 10.0 Å². The van der Waals surface area contributed by atoms with Crippen LogP contribution in [0.1, 0.15) is 42.6 Å². The van der Waals surface area contributed by atoms with Crippen molar-refractivity contribution in [1.82, 2.24) is 14.5 Å². The van der Waals surface area contributed by atoms with Crippen molar-refractivity contribution in [3.63, 3.8) is 0 Å². The third-order valence-electron chi connectivity index (χ3n) is 4.31. The maximum absolute atomic E-state index is 12.8. The molecule has 0 saturated carbocycles. The molecule has 0 saturated heterocycles. The van der Waals surface area contributed by atoms with Crippen molar-refractivity contribution < 1.29 is 8.42 Å². The topological polar surface area (TPSA) is 66.1 Å². The Morgan fingerprint density at radius 1 is 1.07 bits per heavy atom. The van der Waals surface area contributed by atoms with Crippen LogP contribution in [-0.2, 0) is 22.3 Å². The minimum Gasteiger partial charge on any atom is -0.282 e. The number of aromatic nitrogens is 2. The van der Waals surface area contributed by atoms with Crippen LogP contribution in [-0.4, -0.2) is 29.5 Å². The monoisotopic (exact) mass is 419 g/mol. The molecule has 1 N–H and O–H groups in total. The van der Waals surface area contributed by atoms with Crippen LogP contribution in [0, 0.1) is 13.8 Å². The van der Waals surface area contributed by atoms with Crippen molar-refractivity contribution in [2.75, 3.05) is 6.54 Å². The van der Waals surface area contributed by atoms with Gasteiger partial charge in [0, 0.05) is 34.1 Å². The number of sulfonamides is 1. The van der Waals surface area contributed by atoms with Gasteiger partial charge in [-0.3, -0.25) is 5.10 Å². The molecule has 2 aromatic heterocycles. The quantitative estimate of drug-likeness (QED) is 0.577. The zero-order chi connectivity index (χ0) is 20.7. The molecule has 28 heavy (non-hydrogen) atoms. The summed E-state index contributed by atoms with van der Waals surface area (Å²) in [5, 5.41) is 7.24. The second-order valence-electron chi connectivity index (χ2n) is 6.24. The SMILES string of the molecule is CC.CCN(Cc1ccc(-c2c(C)n[nH]c2C)s1)S(=O)(=O)Cc1ccccc1. The fourth-order valence-electron chi connectivity index (χ4n) is 2.97. The van der Waals surface area contributed by atoms with Gasteiger partial charge in [-0.05, 0) is 31.5 Å². The largest absolute Gasteiger partial charge is 0.282 e. The van der Waals surface area contributed by atoms with E-state index in [1.54, 1.807) is 15.6 Å². The van der Waals surface area contributed by atoms with E-state index in [0.29, 0.717) is 13.1 Å². The highest BCUT2D eigenvalue weighted by Gasteiger charge is 2.22. The fraction of sp³-hybridized carbons (Fsp3) is 0.381. The van der Waals surface area contributed by atoms with Crippen LogP contribution in [0.25, 0.3) is 10.4 Å². The summed E-state index contributed by atoms with van der Waals surface area (Å²) in [6, 6.07) is 13.4. The molecule has 2 heterocycles. The lowest BCUT2D eigenvalue weighted by molar-refractivity contribution is 0.425. The van der Waals surface area contributed by atoms with Gasteiger partial charge in [0.05, 0.1) is 11.4 Å². The number of hydrogen-bond donors (Lipinski definition) is 1. The predicted octanol–water partition coefficient (Wildman–Crippen LogP) is 5.13. The van der Waals surface area contributed by atoms with Gasteiger partial charge in [-0.25, -0.2) is 8.42 Å². The maximum Gasteiger partial charge on any atom is 0.218 e. The summed E-state index contributed by atoms with van der Waals surface area (Å²) in [6.07, 6.45) is 0. The lowest BCUT2D eigenvalue weighted by atomic mass is 10.1. The molecular weight excluding hydrogens is 390 g/mol. The number of nitrogens with zero attached hydrogens (tertiary/aromatic N) is 2. The molecule has 3 aromatic rings. The molecular formula is C21H29N3O2S2. The van der Waals surface area contributed by atoms with E-state index in [4.69, 9.17) is 0 Å². The first-order valence-electron chi connectivity index (χ1n) is 9.53. The zero-order valence-corrected chi connectivity index (χ0v) is 18.8. The molecule has 0 spiro atoms. The standard InChI is InChI=1S/C19H23N3O2S2.C2H6/c1-4-22(26(23,24)13-16-8-6-5-7-9-16)12-17-10-11-18(25-17)19-14(2)20-21-15(19)3;1-2/h5-11H,4,12-13H2,1-3H3,(H,20,21);1-2H3. The van der Waals surface area contributed by atoms with Crippen LogP contribution in [0.15, 0.2) is 42.5 Å². The van der Waals surface area contributed by atoms with E-state index in [1.807, 2.05) is 77.1 Å². The number of H-pyrrole nitrogens is 1. The highest BCUT2D eigenvalue weighted by molar-refractivity contribution is 7.88.